The Bertz CT molecular complexity index is 197. The number of rotatable bonds is 3. The summed E-state index contributed by atoms with van der Waals surface area (Å²) in [4.78, 5) is 2.39. The van der Waals surface area contributed by atoms with Gasteiger partial charge in [0, 0.05) is 29.3 Å². The van der Waals surface area contributed by atoms with Gasteiger partial charge in [-0.05, 0) is 12.1 Å². The first-order valence-electron chi connectivity index (χ1n) is 3.25. The van der Waals surface area contributed by atoms with Gasteiger partial charge in [0.1, 0.15) is 0 Å². The first-order chi connectivity index (χ1) is 4.86. The van der Waals surface area contributed by atoms with Gasteiger partial charge in [0.25, 0.3) is 0 Å². The van der Waals surface area contributed by atoms with Crippen LogP contribution in [-0.4, -0.2) is 11.7 Å². The van der Waals surface area contributed by atoms with Crippen LogP contribution in [-0.2, 0) is 13.0 Å². The van der Waals surface area contributed by atoms with Crippen LogP contribution in [0.5, 0.6) is 0 Å². The van der Waals surface area contributed by atoms with Crippen molar-refractivity contribution in [3.63, 3.8) is 0 Å². The van der Waals surface area contributed by atoms with Crippen LogP contribution in [0.1, 0.15) is 9.75 Å². The molecular formula is C7H11NOS. The summed E-state index contributed by atoms with van der Waals surface area (Å²) in [5.41, 5.74) is 5.41. The molecule has 1 heterocycles. The molecule has 0 amide bonds. The molecular weight excluding hydrogens is 146 g/mol. The van der Waals surface area contributed by atoms with E-state index in [2.05, 4.69) is 0 Å². The third kappa shape index (κ3) is 1.80. The summed E-state index contributed by atoms with van der Waals surface area (Å²) < 4.78 is 0. The fourth-order valence-electron chi connectivity index (χ4n) is 0.777. The van der Waals surface area contributed by atoms with Crippen molar-refractivity contribution in [1.29, 1.82) is 0 Å². The highest BCUT2D eigenvalue weighted by molar-refractivity contribution is 7.11. The highest BCUT2D eigenvalue weighted by atomic mass is 32.1. The van der Waals surface area contributed by atoms with Gasteiger partial charge in [0.15, 0.2) is 0 Å². The molecule has 10 heavy (non-hydrogen) atoms. The standard InChI is InChI=1S/C7H11NOS/c8-5-7-2-1-6(10-7)3-4-9/h1-2,9H,3-5,8H2. The number of aliphatic hydroxyl groups excluding tert-OH is 1. The molecule has 56 valence electrons. The zero-order chi connectivity index (χ0) is 7.40. The van der Waals surface area contributed by atoms with E-state index < -0.39 is 0 Å². The molecule has 0 aliphatic rings. The van der Waals surface area contributed by atoms with Gasteiger partial charge in [-0.3, -0.25) is 0 Å². The molecule has 3 N–H and O–H groups in total. The summed E-state index contributed by atoms with van der Waals surface area (Å²) >= 11 is 1.67. The molecule has 1 aromatic heterocycles. The molecule has 0 unspecified atom stereocenters. The molecule has 0 aliphatic heterocycles. The molecule has 0 bridgehead atoms. The van der Waals surface area contributed by atoms with Crippen molar-refractivity contribution in [2.24, 2.45) is 5.73 Å². The van der Waals surface area contributed by atoms with E-state index in [1.807, 2.05) is 12.1 Å². The lowest BCUT2D eigenvalue weighted by atomic mass is 10.3. The van der Waals surface area contributed by atoms with E-state index in [9.17, 15) is 0 Å². The summed E-state index contributed by atoms with van der Waals surface area (Å²) in [5, 5.41) is 8.58. The van der Waals surface area contributed by atoms with E-state index >= 15 is 0 Å². The molecule has 1 rings (SSSR count). The lowest BCUT2D eigenvalue weighted by molar-refractivity contribution is 0.300. The molecule has 0 saturated carbocycles. The van der Waals surface area contributed by atoms with Crippen molar-refractivity contribution in [1.82, 2.24) is 0 Å². The Balaban J connectivity index is 2.59. The average molecular weight is 157 g/mol. The topological polar surface area (TPSA) is 46.2 Å². The van der Waals surface area contributed by atoms with Gasteiger partial charge >= 0.3 is 0 Å². The van der Waals surface area contributed by atoms with Crippen LogP contribution in [0.4, 0.5) is 0 Å². The van der Waals surface area contributed by atoms with Gasteiger partial charge in [-0.2, -0.15) is 0 Å². The van der Waals surface area contributed by atoms with Gasteiger partial charge in [0.2, 0.25) is 0 Å². The summed E-state index contributed by atoms with van der Waals surface area (Å²) in [7, 11) is 0. The van der Waals surface area contributed by atoms with E-state index in [4.69, 9.17) is 10.8 Å². The van der Waals surface area contributed by atoms with Crippen LogP contribution in [0.3, 0.4) is 0 Å². The Morgan fingerprint density at radius 3 is 2.60 bits per heavy atom. The fraction of sp³-hybridized carbons (Fsp3) is 0.429. The van der Waals surface area contributed by atoms with E-state index in [1.54, 1.807) is 11.3 Å². The second-order valence-electron chi connectivity index (χ2n) is 2.05. The van der Waals surface area contributed by atoms with Crippen LogP contribution in [0.25, 0.3) is 0 Å². The Morgan fingerprint density at radius 2 is 2.10 bits per heavy atom. The van der Waals surface area contributed by atoms with E-state index in [0.29, 0.717) is 6.54 Å². The molecule has 2 nitrogen and oxygen atoms in total. The fourth-order valence-corrected chi connectivity index (χ4v) is 1.66. The van der Waals surface area contributed by atoms with Crippen LogP contribution < -0.4 is 5.73 Å². The zero-order valence-corrected chi connectivity index (χ0v) is 6.53. The SMILES string of the molecule is NCc1ccc(CCO)s1. The largest absolute Gasteiger partial charge is 0.396 e. The van der Waals surface area contributed by atoms with Crippen LogP contribution in [0.2, 0.25) is 0 Å². The third-order valence-corrected chi connectivity index (χ3v) is 2.44. The van der Waals surface area contributed by atoms with Crippen LogP contribution in [0.15, 0.2) is 12.1 Å². The van der Waals surface area contributed by atoms with Crippen molar-refractivity contribution in [3.8, 4) is 0 Å². The molecule has 0 aromatic carbocycles. The Hall–Kier alpha value is -0.380. The van der Waals surface area contributed by atoms with Gasteiger partial charge in [-0.25, -0.2) is 0 Å². The third-order valence-electron chi connectivity index (χ3n) is 1.28. The maximum Gasteiger partial charge on any atom is 0.0479 e. The second-order valence-corrected chi connectivity index (χ2v) is 3.30. The highest BCUT2D eigenvalue weighted by Gasteiger charge is 1.95. The smallest absolute Gasteiger partial charge is 0.0479 e. The van der Waals surface area contributed by atoms with Crippen molar-refractivity contribution < 1.29 is 5.11 Å². The summed E-state index contributed by atoms with van der Waals surface area (Å²) in [5.74, 6) is 0. The molecule has 0 aliphatic carbocycles. The van der Waals surface area contributed by atoms with E-state index in [-0.39, 0.29) is 6.61 Å². The molecule has 0 atom stereocenters. The minimum Gasteiger partial charge on any atom is -0.396 e. The molecule has 0 saturated heterocycles. The molecule has 0 spiro atoms. The minimum atomic E-state index is 0.227. The second kappa shape index (κ2) is 3.71. The molecule has 3 heteroatoms. The van der Waals surface area contributed by atoms with E-state index in [1.165, 1.54) is 9.75 Å². The van der Waals surface area contributed by atoms with Crippen molar-refractivity contribution >= 4 is 11.3 Å². The molecule has 1 aromatic rings. The number of aliphatic hydroxyl groups is 1. The quantitative estimate of drug-likeness (QED) is 0.680. The van der Waals surface area contributed by atoms with Gasteiger partial charge in [-0.1, -0.05) is 0 Å². The first kappa shape index (κ1) is 7.72. The lowest BCUT2D eigenvalue weighted by Gasteiger charge is -1.88. The summed E-state index contributed by atoms with van der Waals surface area (Å²) in [6.07, 6.45) is 0.755. The predicted octanol–water partition coefficient (Wildman–Crippen LogP) is 0.742. The lowest BCUT2D eigenvalue weighted by Crippen LogP contribution is -1.91. The van der Waals surface area contributed by atoms with Gasteiger partial charge < -0.3 is 10.8 Å². The van der Waals surface area contributed by atoms with Crippen molar-refractivity contribution in [2.45, 2.75) is 13.0 Å². The molecule has 0 radical (unpaired) electrons. The maximum atomic E-state index is 8.58. The average Bonchev–Trinajstić information content (AvgIpc) is 2.37. The number of hydrogen-bond donors (Lipinski definition) is 2. The maximum absolute atomic E-state index is 8.58. The normalized spacial score (nSPS) is 10.2. The van der Waals surface area contributed by atoms with Crippen LogP contribution in [0, 0.1) is 0 Å². The minimum absolute atomic E-state index is 0.227. The summed E-state index contributed by atoms with van der Waals surface area (Å²) in [6, 6.07) is 4.03. The first-order valence-corrected chi connectivity index (χ1v) is 4.07. The Morgan fingerprint density at radius 1 is 1.40 bits per heavy atom. The Labute approximate surface area is 64.3 Å². The van der Waals surface area contributed by atoms with Crippen molar-refractivity contribution in [2.75, 3.05) is 6.61 Å². The zero-order valence-electron chi connectivity index (χ0n) is 5.71. The van der Waals surface area contributed by atoms with Crippen LogP contribution >= 0.6 is 11.3 Å². The predicted molar refractivity (Wildman–Crippen MR) is 43.0 cm³/mol. The van der Waals surface area contributed by atoms with E-state index in [0.717, 1.165) is 6.42 Å². The van der Waals surface area contributed by atoms with Crippen molar-refractivity contribution in [3.05, 3.63) is 21.9 Å². The highest BCUT2D eigenvalue weighted by Crippen LogP contribution is 2.15. The number of nitrogens with two attached hydrogens (primary N) is 1. The Kier molecular flexibility index (Phi) is 2.86. The number of thiophene rings is 1. The molecule has 0 fully saturated rings. The van der Waals surface area contributed by atoms with Gasteiger partial charge in [0.05, 0.1) is 0 Å². The summed E-state index contributed by atoms with van der Waals surface area (Å²) in [6.45, 7) is 0.834. The number of hydrogen-bond acceptors (Lipinski definition) is 3. The van der Waals surface area contributed by atoms with Gasteiger partial charge in [-0.15, -0.1) is 11.3 Å². The monoisotopic (exact) mass is 157 g/mol.